The highest BCUT2D eigenvalue weighted by Crippen LogP contribution is 2.23. The maximum absolute atomic E-state index is 12.7. The second kappa shape index (κ2) is 8.78. The molecule has 3 heterocycles. The van der Waals surface area contributed by atoms with E-state index in [1.807, 2.05) is 22.6 Å². The average molecular weight is 350 g/mol. The van der Waals surface area contributed by atoms with E-state index in [-0.39, 0.29) is 18.4 Å². The summed E-state index contributed by atoms with van der Waals surface area (Å²) in [5.74, 6) is 1.74. The molecule has 1 aromatic heterocycles. The molecular weight excluding hydrogens is 320 g/mol. The normalized spacial score (nSPS) is 25.3. The molecule has 3 rings (SSSR count). The number of nitrogens with zero attached hydrogens (tertiary/aromatic N) is 4. The third kappa shape index (κ3) is 5.03. The van der Waals surface area contributed by atoms with Gasteiger partial charge in [0.1, 0.15) is 5.82 Å². The van der Waals surface area contributed by atoms with Gasteiger partial charge in [-0.15, -0.1) is 0 Å². The summed E-state index contributed by atoms with van der Waals surface area (Å²) in [6.07, 6.45) is 5.16. The van der Waals surface area contributed by atoms with Crippen molar-refractivity contribution in [2.75, 3.05) is 52.5 Å². The van der Waals surface area contributed by atoms with E-state index >= 15 is 0 Å². The Kier molecular flexibility index (Phi) is 6.45. The van der Waals surface area contributed by atoms with Gasteiger partial charge >= 0.3 is 0 Å². The molecule has 2 fully saturated rings. The highest BCUT2D eigenvalue weighted by molar-refractivity contribution is 5.76. The van der Waals surface area contributed by atoms with E-state index in [1.165, 1.54) is 0 Å². The zero-order valence-electron chi connectivity index (χ0n) is 15.1. The number of aliphatic hydroxyl groups is 1. The Morgan fingerprint density at radius 1 is 1.32 bits per heavy atom. The van der Waals surface area contributed by atoms with Gasteiger partial charge in [-0.1, -0.05) is 0 Å². The smallest absolute Gasteiger partial charge is 0.224 e. The van der Waals surface area contributed by atoms with Gasteiger partial charge in [0, 0.05) is 64.7 Å². The van der Waals surface area contributed by atoms with Crippen LogP contribution < -0.4 is 0 Å². The Morgan fingerprint density at radius 2 is 2.08 bits per heavy atom. The summed E-state index contributed by atoms with van der Waals surface area (Å²) >= 11 is 0. The number of hydrogen-bond donors (Lipinski definition) is 1. The number of ether oxygens (including phenoxy) is 1. The van der Waals surface area contributed by atoms with Crippen molar-refractivity contribution in [1.82, 2.24) is 19.4 Å². The molecule has 0 unspecified atom stereocenters. The molecule has 2 saturated heterocycles. The molecule has 0 aliphatic carbocycles. The molecule has 7 nitrogen and oxygen atoms in total. The predicted molar refractivity (Wildman–Crippen MR) is 94.1 cm³/mol. The van der Waals surface area contributed by atoms with E-state index < -0.39 is 0 Å². The molecule has 2 aliphatic rings. The fourth-order valence-corrected chi connectivity index (χ4v) is 3.95. The van der Waals surface area contributed by atoms with Gasteiger partial charge in [-0.2, -0.15) is 0 Å². The van der Waals surface area contributed by atoms with Gasteiger partial charge in [0.05, 0.1) is 13.2 Å². The molecular formula is C18H30N4O3. The Balaban J connectivity index is 1.53. The second-order valence-corrected chi connectivity index (χ2v) is 7.28. The summed E-state index contributed by atoms with van der Waals surface area (Å²) in [6, 6.07) is 0. The van der Waals surface area contributed by atoms with Crippen LogP contribution in [0.15, 0.2) is 12.4 Å². The summed E-state index contributed by atoms with van der Waals surface area (Å²) in [4.78, 5) is 21.3. The van der Waals surface area contributed by atoms with Crippen molar-refractivity contribution in [2.45, 2.75) is 26.3 Å². The topological polar surface area (TPSA) is 70.8 Å². The number of likely N-dealkylation sites (tertiary alicyclic amines) is 1. The van der Waals surface area contributed by atoms with Gasteiger partial charge in [0.15, 0.2) is 0 Å². The van der Waals surface area contributed by atoms with Crippen molar-refractivity contribution in [3.63, 3.8) is 0 Å². The Morgan fingerprint density at radius 3 is 2.76 bits per heavy atom. The standard InChI is InChI=1S/C18H30N4O3/c1-15-19-3-5-21(15)4-2-18(24)22-12-16(10-17(13-22)14-23)11-20-6-8-25-9-7-20/h3,5,16-17,23H,2,4,6-14H2,1H3/t16-,17+/m1/s1. The molecule has 0 saturated carbocycles. The van der Waals surface area contributed by atoms with Crippen molar-refractivity contribution in [3.05, 3.63) is 18.2 Å². The molecule has 140 valence electrons. The van der Waals surface area contributed by atoms with E-state index in [0.717, 1.165) is 51.6 Å². The maximum atomic E-state index is 12.7. The molecule has 0 radical (unpaired) electrons. The number of hydrogen-bond acceptors (Lipinski definition) is 5. The molecule has 1 amide bonds. The van der Waals surface area contributed by atoms with Crippen LogP contribution in [0.2, 0.25) is 0 Å². The van der Waals surface area contributed by atoms with E-state index in [2.05, 4.69) is 9.88 Å². The van der Waals surface area contributed by atoms with Gasteiger partial charge in [0.25, 0.3) is 0 Å². The molecule has 7 heteroatoms. The molecule has 1 aromatic rings. The van der Waals surface area contributed by atoms with Crippen LogP contribution in [0.5, 0.6) is 0 Å². The lowest BCUT2D eigenvalue weighted by molar-refractivity contribution is -0.135. The summed E-state index contributed by atoms with van der Waals surface area (Å²) in [5.41, 5.74) is 0. The quantitative estimate of drug-likeness (QED) is 0.803. The third-order valence-corrected chi connectivity index (χ3v) is 5.35. The van der Waals surface area contributed by atoms with Gasteiger partial charge < -0.3 is 19.3 Å². The first kappa shape index (κ1) is 18.4. The van der Waals surface area contributed by atoms with Crippen molar-refractivity contribution < 1.29 is 14.6 Å². The molecule has 2 aliphatic heterocycles. The molecule has 25 heavy (non-hydrogen) atoms. The van der Waals surface area contributed by atoms with E-state index in [0.29, 0.717) is 25.4 Å². The molecule has 1 N–H and O–H groups in total. The summed E-state index contributed by atoms with van der Waals surface area (Å²) in [5, 5.41) is 9.65. The molecule has 2 atom stereocenters. The van der Waals surface area contributed by atoms with Crippen molar-refractivity contribution >= 4 is 5.91 Å². The highest BCUT2D eigenvalue weighted by atomic mass is 16.5. The van der Waals surface area contributed by atoms with Crippen LogP contribution in [0.1, 0.15) is 18.7 Å². The molecule has 0 bridgehead atoms. The number of imidazole rings is 1. The van der Waals surface area contributed by atoms with Crippen LogP contribution in [-0.2, 0) is 16.1 Å². The number of carbonyl (C=O) groups is 1. The monoisotopic (exact) mass is 350 g/mol. The highest BCUT2D eigenvalue weighted by Gasteiger charge is 2.30. The minimum atomic E-state index is 0.157. The van der Waals surface area contributed by atoms with Crippen LogP contribution >= 0.6 is 0 Å². The number of rotatable bonds is 6. The van der Waals surface area contributed by atoms with Crippen LogP contribution in [0, 0.1) is 18.8 Å². The van der Waals surface area contributed by atoms with Crippen LogP contribution in [0.3, 0.4) is 0 Å². The van der Waals surface area contributed by atoms with E-state index in [1.54, 1.807) is 6.20 Å². The number of aliphatic hydroxyl groups excluding tert-OH is 1. The number of carbonyl (C=O) groups excluding carboxylic acids is 1. The minimum Gasteiger partial charge on any atom is -0.396 e. The first-order valence-electron chi connectivity index (χ1n) is 9.32. The van der Waals surface area contributed by atoms with Crippen molar-refractivity contribution in [2.24, 2.45) is 11.8 Å². The minimum absolute atomic E-state index is 0.157. The molecule has 0 aromatic carbocycles. The number of piperidine rings is 1. The lowest BCUT2D eigenvalue weighted by Gasteiger charge is -2.40. The van der Waals surface area contributed by atoms with Crippen LogP contribution in [0.4, 0.5) is 0 Å². The Hall–Kier alpha value is -1.44. The summed E-state index contributed by atoms with van der Waals surface area (Å²) in [7, 11) is 0. The largest absolute Gasteiger partial charge is 0.396 e. The fraction of sp³-hybridized carbons (Fsp3) is 0.778. The Labute approximate surface area is 149 Å². The van der Waals surface area contributed by atoms with Gasteiger partial charge in [-0.25, -0.2) is 4.98 Å². The molecule has 0 spiro atoms. The van der Waals surface area contributed by atoms with Gasteiger partial charge in [0.2, 0.25) is 5.91 Å². The summed E-state index contributed by atoms with van der Waals surface area (Å²) < 4.78 is 7.42. The van der Waals surface area contributed by atoms with E-state index in [4.69, 9.17) is 4.74 Å². The average Bonchev–Trinajstić information content (AvgIpc) is 3.05. The predicted octanol–water partition coefficient (Wildman–Crippen LogP) is 0.371. The van der Waals surface area contributed by atoms with Crippen molar-refractivity contribution in [3.8, 4) is 0 Å². The van der Waals surface area contributed by atoms with Crippen molar-refractivity contribution in [1.29, 1.82) is 0 Å². The van der Waals surface area contributed by atoms with Crippen LogP contribution in [-0.4, -0.2) is 82.9 Å². The second-order valence-electron chi connectivity index (χ2n) is 7.28. The lowest BCUT2D eigenvalue weighted by Crippen LogP contribution is -2.49. The number of aromatic nitrogens is 2. The van der Waals surface area contributed by atoms with Crippen LogP contribution in [0.25, 0.3) is 0 Å². The Bertz CT molecular complexity index is 556. The van der Waals surface area contributed by atoms with Gasteiger partial charge in [-0.05, 0) is 25.2 Å². The number of morpholine rings is 1. The number of aryl methyl sites for hydroxylation is 2. The first-order chi connectivity index (χ1) is 12.2. The fourth-order valence-electron chi connectivity index (χ4n) is 3.95. The number of amides is 1. The van der Waals surface area contributed by atoms with E-state index in [9.17, 15) is 9.90 Å². The zero-order valence-corrected chi connectivity index (χ0v) is 15.1. The third-order valence-electron chi connectivity index (χ3n) is 5.35. The first-order valence-corrected chi connectivity index (χ1v) is 9.32. The SMILES string of the molecule is Cc1nccn1CCC(=O)N1C[C@@H](CN2CCOCC2)C[C@H](CO)C1. The summed E-state index contributed by atoms with van der Waals surface area (Å²) in [6.45, 7) is 8.76. The lowest BCUT2D eigenvalue weighted by atomic mass is 9.89. The van der Waals surface area contributed by atoms with Gasteiger partial charge in [-0.3, -0.25) is 9.69 Å². The zero-order chi connectivity index (χ0) is 17.6. The maximum Gasteiger partial charge on any atom is 0.224 e.